The highest BCUT2D eigenvalue weighted by atomic mass is 35.5. The molecule has 0 fully saturated rings. The van der Waals surface area contributed by atoms with Crippen LogP contribution in [0.1, 0.15) is 53.6 Å². The molecule has 0 saturated heterocycles. The van der Waals surface area contributed by atoms with Gasteiger partial charge >= 0.3 is 0 Å². The number of anilines is 1. The number of amides is 2. The third-order valence-corrected chi connectivity index (χ3v) is 6.50. The summed E-state index contributed by atoms with van der Waals surface area (Å²) in [7, 11) is 1.84. The van der Waals surface area contributed by atoms with E-state index in [2.05, 4.69) is 40.7 Å². The number of hydrogen-bond acceptors (Lipinski definition) is 5. The number of nitrogens with one attached hydrogen (secondary N) is 2. The summed E-state index contributed by atoms with van der Waals surface area (Å²) in [6.07, 6.45) is 0.681. The van der Waals surface area contributed by atoms with Crippen LogP contribution in [0.3, 0.4) is 0 Å². The lowest BCUT2D eigenvalue weighted by Crippen LogP contribution is -2.31. The molecule has 0 bridgehead atoms. The molecule has 0 radical (unpaired) electrons. The first kappa shape index (κ1) is 25.8. The molecule has 3 aromatic rings. The Hall–Kier alpha value is -2.84. The van der Waals surface area contributed by atoms with Crippen LogP contribution in [-0.2, 0) is 11.8 Å². The molecule has 1 atom stereocenters. The lowest BCUT2D eigenvalue weighted by Gasteiger charge is -2.20. The number of aromatic nitrogens is 3. The van der Waals surface area contributed by atoms with E-state index in [-0.39, 0.29) is 23.6 Å². The van der Waals surface area contributed by atoms with E-state index in [0.29, 0.717) is 33.9 Å². The fraction of sp³-hybridized carbons (Fsp3) is 0.360. The molecule has 0 aliphatic carbocycles. The number of carbonyl (C=O) groups is 2. The summed E-state index contributed by atoms with van der Waals surface area (Å²) in [5.74, 6) is 0.755. The fourth-order valence-electron chi connectivity index (χ4n) is 3.71. The van der Waals surface area contributed by atoms with Crippen molar-refractivity contribution in [3.8, 4) is 0 Å². The molecule has 1 aromatic heterocycles. The van der Waals surface area contributed by atoms with Crippen LogP contribution in [0.5, 0.6) is 0 Å². The van der Waals surface area contributed by atoms with Crippen molar-refractivity contribution >= 4 is 40.9 Å². The van der Waals surface area contributed by atoms with Gasteiger partial charge in [0.05, 0.1) is 22.4 Å². The molecule has 7 nitrogen and oxygen atoms in total. The number of hydrogen-bond donors (Lipinski definition) is 2. The van der Waals surface area contributed by atoms with Crippen LogP contribution in [-0.4, -0.2) is 32.3 Å². The first-order valence-corrected chi connectivity index (χ1v) is 12.5. The quantitative estimate of drug-likeness (QED) is 0.388. The summed E-state index contributed by atoms with van der Waals surface area (Å²) in [6.45, 7) is 8.16. The van der Waals surface area contributed by atoms with Crippen molar-refractivity contribution in [3.05, 3.63) is 70.0 Å². The van der Waals surface area contributed by atoms with Gasteiger partial charge in [0.15, 0.2) is 11.0 Å². The Balaban J connectivity index is 1.69. The van der Waals surface area contributed by atoms with Gasteiger partial charge in [-0.2, -0.15) is 0 Å². The molecular formula is C25H30ClN5O2S. The van der Waals surface area contributed by atoms with Crippen molar-refractivity contribution in [1.29, 1.82) is 0 Å². The average Bonchev–Trinajstić information content (AvgIpc) is 3.11. The molecule has 34 heavy (non-hydrogen) atoms. The summed E-state index contributed by atoms with van der Waals surface area (Å²) in [4.78, 5) is 25.4. The third kappa shape index (κ3) is 6.84. The second-order valence-corrected chi connectivity index (χ2v) is 10.1. The maximum Gasteiger partial charge on any atom is 0.253 e. The molecule has 0 aliphatic rings. The number of carbonyl (C=O) groups excluding carboxylic acids is 2. The van der Waals surface area contributed by atoms with E-state index >= 15 is 0 Å². The standard InChI is InChI=1S/C25H30ClN5O2S/c1-15(2)10-21(28-24(33)19-8-6-7-9-20(19)26)23-29-30-25(31(23)5)34-14-22(32)27-18-12-16(3)11-17(4)13-18/h6-9,11-13,15,21H,10,14H2,1-5H3,(H,27,32)(H,28,33). The normalized spacial score (nSPS) is 12.0. The lowest BCUT2D eigenvalue weighted by atomic mass is 10.0. The highest BCUT2D eigenvalue weighted by Gasteiger charge is 2.24. The molecule has 2 N–H and O–H groups in total. The van der Waals surface area contributed by atoms with Gasteiger partial charge in [0.2, 0.25) is 5.91 Å². The van der Waals surface area contributed by atoms with Crippen molar-refractivity contribution in [2.45, 2.75) is 45.3 Å². The van der Waals surface area contributed by atoms with E-state index in [1.165, 1.54) is 11.8 Å². The first-order valence-electron chi connectivity index (χ1n) is 11.1. The van der Waals surface area contributed by atoms with Crippen LogP contribution in [0.2, 0.25) is 5.02 Å². The molecule has 2 amide bonds. The molecule has 1 unspecified atom stereocenters. The van der Waals surface area contributed by atoms with Crippen LogP contribution in [0, 0.1) is 19.8 Å². The summed E-state index contributed by atoms with van der Waals surface area (Å²) >= 11 is 7.50. The SMILES string of the molecule is Cc1cc(C)cc(NC(=O)CSc2nnc(C(CC(C)C)NC(=O)c3ccccc3Cl)n2C)c1. The Labute approximate surface area is 209 Å². The van der Waals surface area contributed by atoms with Crippen molar-refractivity contribution in [1.82, 2.24) is 20.1 Å². The molecule has 0 spiro atoms. The highest BCUT2D eigenvalue weighted by molar-refractivity contribution is 7.99. The molecule has 9 heteroatoms. The highest BCUT2D eigenvalue weighted by Crippen LogP contribution is 2.25. The fourth-order valence-corrected chi connectivity index (χ4v) is 4.65. The molecule has 2 aromatic carbocycles. The summed E-state index contributed by atoms with van der Waals surface area (Å²) in [5, 5.41) is 15.6. The Morgan fingerprint density at radius 2 is 1.76 bits per heavy atom. The number of rotatable bonds is 9. The molecular weight excluding hydrogens is 470 g/mol. The van der Waals surface area contributed by atoms with Gasteiger partial charge in [-0.25, -0.2) is 0 Å². The zero-order valence-electron chi connectivity index (χ0n) is 20.1. The minimum Gasteiger partial charge on any atom is -0.342 e. The molecule has 0 aliphatic heterocycles. The zero-order chi connectivity index (χ0) is 24.8. The van der Waals surface area contributed by atoms with Crippen LogP contribution in [0.25, 0.3) is 0 Å². The van der Waals surface area contributed by atoms with Crippen LogP contribution in [0.4, 0.5) is 5.69 Å². The van der Waals surface area contributed by atoms with Crippen molar-refractivity contribution in [2.75, 3.05) is 11.1 Å². The van der Waals surface area contributed by atoms with Gasteiger partial charge in [0.1, 0.15) is 0 Å². The van der Waals surface area contributed by atoms with Gasteiger partial charge in [0.25, 0.3) is 5.91 Å². The van der Waals surface area contributed by atoms with Gasteiger partial charge in [-0.15, -0.1) is 10.2 Å². The van der Waals surface area contributed by atoms with Crippen LogP contribution in [0.15, 0.2) is 47.6 Å². The summed E-state index contributed by atoms with van der Waals surface area (Å²) in [5.41, 5.74) is 3.38. The van der Waals surface area contributed by atoms with E-state index in [4.69, 9.17) is 11.6 Å². The molecule has 1 heterocycles. The smallest absolute Gasteiger partial charge is 0.253 e. The number of halogens is 1. The Bertz CT molecular complexity index is 1160. The van der Waals surface area contributed by atoms with Crippen molar-refractivity contribution in [3.63, 3.8) is 0 Å². The Kier molecular flexibility index (Phi) is 8.74. The van der Waals surface area contributed by atoms with E-state index in [0.717, 1.165) is 16.8 Å². The summed E-state index contributed by atoms with van der Waals surface area (Å²) in [6, 6.07) is 12.5. The van der Waals surface area contributed by atoms with Crippen LogP contribution >= 0.6 is 23.4 Å². The Morgan fingerprint density at radius 3 is 2.41 bits per heavy atom. The number of aryl methyl sites for hydroxylation is 2. The predicted molar refractivity (Wildman–Crippen MR) is 137 cm³/mol. The van der Waals surface area contributed by atoms with Crippen LogP contribution < -0.4 is 10.6 Å². The van der Waals surface area contributed by atoms with Crippen molar-refractivity contribution < 1.29 is 9.59 Å². The van der Waals surface area contributed by atoms with Gasteiger partial charge in [-0.1, -0.05) is 55.4 Å². The van der Waals surface area contributed by atoms with E-state index in [9.17, 15) is 9.59 Å². The second kappa shape index (κ2) is 11.5. The van der Waals surface area contributed by atoms with Gasteiger partial charge in [0, 0.05) is 12.7 Å². The number of thioether (sulfide) groups is 1. The number of benzene rings is 2. The zero-order valence-corrected chi connectivity index (χ0v) is 21.6. The maximum absolute atomic E-state index is 12.9. The average molecular weight is 500 g/mol. The van der Waals surface area contributed by atoms with Gasteiger partial charge in [-0.05, 0) is 61.6 Å². The predicted octanol–water partition coefficient (Wildman–Crippen LogP) is 5.33. The van der Waals surface area contributed by atoms with Gasteiger partial charge in [-0.3, -0.25) is 9.59 Å². The molecule has 0 saturated carbocycles. The number of nitrogens with zero attached hydrogens (tertiary/aromatic N) is 3. The minimum atomic E-state index is -0.347. The summed E-state index contributed by atoms with van der Waals surface area (Å²) < 4.78 is 1.83. The van der Waals surface area contributed by atoms with Gasteiger partial charge < -0.3 is 15.2 Å². The minimum absolute atomic E-state index is 0.120. The largest absolute Gasteiger partial charge is 0.342 e. The van der Waals surface area contributed by atoms with E-state index in [1.54, 1.807) is 24.3 Å². The monoisotopic (exact) mass is 499 g/mol. The second-order valence-electron chi connectivity index (χ2n) is 8.75. The van der Waals surface area contributed by atoms with E-state index in [1.807, 2.05) is 37.6 Å². The Morgan fingerprint density at radius 1 is 1.09 bits per heavy atom. The maximum atomic E-state index is 12.9. The van der Waals surface area contributed by atoms with Crippen molar-refractivity contribution in [2.24, 2.45) is 13.0 Å². The third-order valence-electron chi connectivity index (χ3n) is 5.15. The molecule has 3 rings (SSSR count). The lowest BCUT2D eigenvalue weighted by molar-refractivity contribution is -0.113. The van der Waals surface area contributed by atoms with E-state index < -0.39 is 0 Å². The molecule has 180 valence electrons. The first-order chi connectivity index (χ1) is 16.1. The topological polar surface area (TPSA) is 88.9 Å².